The highest BCUT2D eigenvalue weighted by Gasteiger charge is 2.11. The summed E-state index contributed by atoms with van der Waals surface area (Å²) >= 11 is 1.33. The normalized spacial score (nSPS) is 10.8. The standard InChI is InChI=1S/C21H25N5OS/c1-3-4-5-17-10-12-19(13-11-17)26-21(23-24-25-26)28-15-20(27)22-14-18-8-6-16(2)7-9-18/h6-13H,3-5,14-15H2,1-2H3,(H,22,27). The highest BCUT2D eigenvalue weighted by Crippen LogP contribution is 2.19. The molecule has 28 heavy (non-hydrogen) atoms. The second-order valence-electron chi connectivity index (χ2n) is 6.69. The molecule has 0 spiro atoms. The van der Waals surface area contributed by atoms with Crippen LogP contribution in [0, 0.1) is 6.92 Å². The highest BCUT2D eigenvalue weighted by molar-refractivity contribution is 7.99. The van der Waals surface area contributed by atoms with Crippen LogP contribution in [0.5, 0.6) is 0 Å². The minimum Gasteiger partial charge on any atom is -0.351 e. The van der Waals surface area contributed by atoms with Gasteiger partial charge in [-0.25, -0.2) is 0 Å². The van der Waals surface area contributed by atoms with Crippen molar-refractivity contribution in [2.75, 3.05) is 5.75 Å². The number of thioether (sulfide) groups is 1. The maximum Gasteiger partial charge on any atom is 0.230 e. The van der Waals surface area contributed by atoms with Crippen molar-refractivity contribution in [2.45, 2.75) is 44.8 Å². The van der Waals surface area contributed by atoms with E-state index in [4.69, 9.17) is 0 Å². The SMILES string of the molecule is CCCCc1ccc(-n2nnnc2SCC(=O)NCc2ccc(C)cc2)cc1. The van der Waals surface area contributed by atoms with Crippen molar-refractivity contribution in [2.24, 2.45) is 0 Å². The van der Waals surface area contributed by atoms with Gasteiger partial charge in [0.2, 0.25) is 11.1 Å². The molecule has 1 N–H and O–H groups in total. The van der Waals surface area contributed by atoms with Gasteiger partial charge in [0.05, 0.1) is 11.4 Å². The molecule has 1 amide bonds. The van der Waals surface area contributed by atoms with Crippen LogP contribution in [0.25, 0.3) is 5.69 Å². The van der Waals surface area contributed by atoms with Gasteiger partial charge in [0.25, 0.3) is 0 Å². The van der Waals surface area contributed by atoms with Crippen LogP contribution in [-0.2, 0) is 17.8 Å². The Morgan fingerprint density at radius 1 is 1.07 bits per heavy atom. The van der Waals surface area contributed by atoms with Gasteiger partial charge in [-0.2, -0.15) is 4.68 Å². The van der Waals surface area contributed by atoms with E-state index in [-0.39, 0.29) is 11.7 Å². The fraction of sp³-hybridized carbons (Fsp3) is 0.333. The Hall–Kier alpha value is -2.67. The lowest BCUT2D eigenvalue weighted by Crippen LogP contribution is -2.24. The van der Waals surface area contributed by atoms with E-state index in [1.807, 2.05) is 43.3 Å². The summed E-state index contributed by atoms with van der Waals surface area (Å²) in [5.74, 6) is 0.218. The predicted octanol–water partition coefficient (Wildman–Crippen LogP) is 3.72. The van der Waals surface area contributed by atoms with Crippen LogP contribution in [0.3, 0.4) is 0 Å². The molecule has 146 valence electrons. The number of nitrogens with zero attached hydrogens (tertiary/aromatic N) is 4. The molecular formula is C21H25N5OS. The molecule has 0 atom stereocenters. The van der Waals surface area contributed by atoms with E-state index >= 15 is 0 Å². The number of hydrogen-bond acceptors (Lipinski definition) is 5. The lowest BCUT2D eigenvalue weighted by atomic mass is 10.1. The number of carbonyl (C=O) groups excluding carboxylic acids is 1. The second kappa shape index (κ2) is 10.0. The molecule has 0 aliphatic rings. The molecule has 0 bridgehead atoms. The van der Waals surface area contributed by atoms with Gasteiger partial charge in [0.1, 0.15) is 0 Å². The molecule has 0 unspecified atom stereocenters. The molecule has 0 fully saturated rings. The van der Waals surface area contributed by atoms with Crippen molar-refractivity contribution >= 4 is 17.7 Å². The van der Waals surface area contributed by atoms with E-state index in [0.717, 1.165) is 17.7 Å². The lowest BCUT2D eigenvalue weighted by Gasteiger charge is -2.07. The van der Waals surface area contributed by atoms with Gasteiger partial charge in [-0.15, -0.1) is 5.10 Å². The van der Waals surface area contributed by atoms with Crippen molar-refractivity contribution in [3.63, 3.8) is 0 Å². The van der Waals surface area contributed by atoms with Crippen LogP contribution >= 0.6 is 11.8 Å². The lowest BCUT2D eigenvalue weighted by molar-refractivity contribution is -0.118. The first kappa shape index (κ1) is 20.1. The largest absolute Gasteiger partial charge is 0.351 e. The third kappa shape index (κ3) is 5.66. The average molecular weight is 396 g/mol. The van der Waals surface area contributed by atoms with Crippen molar-refractivity contribution in [3.8, 4) is 5.69 Å². The Labute approximate surface area is 169 Å². The number of unbranched alkanes of at least 4 members (excludes halogenated alkanes) is 1. The van der Waals surface area contributed by atoms with E-state index in [1.165, 1.54) is 35.7 Å². The van der Waals surface area contributed by atoms with Gasteiger partial charge in [-0.1, -0.05) is 67.1 Å². The molecule has 7 heteroatoms. The second-order valence-corrected chi connectivity index (χ2v) is 7.64. The Kier molecular flexibility index (Phi) is 7.19. The number of hydrogen-bond donors (Lipinski definition) is 1. The molecule has 0 saturated heterocycles. The topological polar surface area (TPSA) is 72.7 Å². The minimum atomic E-state index is -0.0463. The van der Waals surface area contributed by atoms with E-state index in [2.05, 4.69) is 39.9 Å². The molecule has 0 aliphatic carbocycles. The van der Waals surface area contributed by atoms with Crippen molar-refractivity contribution in [3.05, 3.63) is 65.2 Å². The van der Waals surface area contributed by atoms with Gasteiger partial charge >= 0.3 is 0 Å². The van der Waals surface area contributed by atoms with Crippen LogP contribution in [-0.4, -0.2) is 31.9 Å². The summed E-state index contributed by atoms with van der Waals surface area (Å²) in [7, 11) is 0. The van der Waals surface area contributed by atoms with Crippen LogP contribution < -0.4 is 5.32 Å². The molecule has 3 aromatic rings. The monoisotopic (exact) mass is 395 g/mol. The highest BCUT2D eigenvalue weighted by atomic mass is 32.2. The fourth-order valence-electron chi connectivity index (χ4n) is 2.70. The average Bonchev–Trinajstić information content (AvgIpc) is 3.19. The number of tetrazole rings is 1. The molecule has 0 aliphatic heterocycles. The molecule has 6 nitrogen and oxygen atoms in total. The van der Waals surface area contributed by atoms with E-state index < -0.39 is 0 Å². The summed E-state index contributed by atoms with van der Waals surface area (Å²) in [5, 5.41) is 15.4. The van der Waals surface area contributed by atoms with Crippen molar-refractivity contribution < 1.29 is 4.79 Å². The summed E-state index contributed by atoms with van der Waals surface area (Å²) in [6, 6.07) is 16.4. The van der Waals surface area contributed by atoms with Gasteiger partial charge in [0.15, 0.2) is 0 Å². The molecule has 0 radical (unpaired) electrons. The minimum absolute atomic E-state index is 0.0463. The zero-order chi connectivity index (χ0) is 19.8. The van der Waals surface area contributed by atoms with Crippen LogP contribution in [0.2, 0.25) is 0 Å². The van der Waals surface area contributed by atoms with Crippen molar-refractivity contribution in [1.82, 2.24) is 25.5 Å². The Morgan fingerprint density at radius 3 is 2.50 bits per heavy atom. The Balaban J connectivity index is 1.53. The quantitative estimate of drug-likeness (QED) is 0.559. The summed E-state index contributed by atoms with van der Waals surface area (Å²) < 4.78 is 1.67. The fourth-order valence-corrected chi connectivity index (χ4v) is 3.42. The summed E-state index contributed by atoms with van der Waals surface area (Å²) in [5.41, 5.74) is 4.49. The van der Waals surface area contributed by atoms with Gasteiger partial charge < -0.3 is 5.32 Å². The number of aryl methyl sites for hydroxylation is 2. The summed E-state index contributed by atoms with van der Waals surface area (Å²) in [4.78, 5) is 12.2. The van der Waals surface area contributed by atoms with Gasteiger partial charge in [0, 0.05) is 6.54 Å². The maximum absolute atomic E-state index is 12.2. The number of rotatable bonds is 9. The molecular weight excluding hydrogens is 370 g/mol. The summed E-state index contributed by atoms with van der Waals surface area (Å²) in [6.45, 7) is 4.75. The molecule has 1 aromatic heterocycles. The molecule has 3 rings (SSSR count). The predicted molar refractivity (Wildman–Crippen MR) is 112 cm³/mol. The van der Waals surface area contributed by atoms with Crippen LogP contribution in [0.4, 0.5) is 0 Å². The zero-order valence-electron chi connectivity index (χ0n) is 16.3. The number of aromatic nitrogens is 4. The third-order valence-corrected chi connectivity index (χ3v) is 5.30. The number of benzene rings is 2. The molecule has 2 aromatic carbocycles. The van der Waals surface area contributed by atoms with Crippen molar-refractivity contribution in [1.29, 1.82) is 0 Å². The first-order valence-corrected chi connectivity index (χ1v) is 10.5. The Bertz CT molecular complexity index is 890. The van der Waals surface area contributed by atoms with E-state index in [1.54, 1.807) is 4.68 Å². The number of carbonyl (C=O) groups is 1. The smallest absolute Gasteiger partial charge is 0.230 e. The van der Waals surface area contributed by atoms with Gasteiger partial charge in [-0.3, -0.25) is 4.79 Å². The number of nitrogens with one attached hydrogen (secondary N) is 1. The number of amides is 1. The molecule has 0 saturated carbocycles. The van der Waals surface area contributed by atoms with E-state index in [0.29, 0.717) is 11.7 Å². The van der Waals surface area contributed by atoms with Crippen LogP contribution in [0.1, 0.15) is 36.5 Å². The first-order chi connectivity index (χ1) is 13.7. The molecule has 1 heterocycles. The first-order valence-electron chi connectivity index (χ1n) is 9.48. The Morgan fingerprint density at radius 2 is 1.79 bits per heavy atom. The zero-order valence-corrected chi connectivity index (χ0v) is 17.1. The van der Waals surface area contributed by atoms with Crippen LogP contribution in [0.15, 0.2) is 53.7 Å². The summed E-state index contributed by atoms with van der Waals surface area (Å²) in [6.07, 6.45) is 3.44. The van der Waals surface area contributed by atoms with Gasteiger partial charge in [-0.05, 0) is 53.5 Å². The maximum atomic E-state index is 12.2. The third-order valence-electron chi connectivity index (χ3n) is 4.38. The van der Waals surface area contributed by atoms with E-state index in [9.17, 15) is 4.79 Å².